The van der Waals surface area contributed by atoms with Crippen LogP contribution in [0.3, 0.4) is 0 Å². The van der Waals surface area contributed by atoms with Gasteiger partial charge in [-0.2, -0.15) is 0 Å². The molecule has 0 aliphatic heterocycles. The molecule has 0 bridgehead atoms. The zero-order valence-corrected chi connectivity index (χ0v) is 16.5. The Kier molecular flexibility index (Phi) is 6.80. The fourth-order valence-corrected chi connectivity index (χ4v) is 4.06. The molecule has 6 heteroatoms. The summed E-state index contributed by atoms with van der Waals surface area (Å²) < 4.78 is 5.73. The zero-order valence-electron chi connectivity index (χ0n) is 15.7. The van der Waals surface area contributed by atoms with Crippen molar-refractivity contribution < 1.29 is 14.3 Å². The summed E-state index contributed by atoms with van der Waals surface area (Å²) in [7, 11) is 0. The molecule has 1 heterocycles. The predicted octanol–water partition coefficient (Wildman–Crippen LogP) is 4.25. The van der Waals surface area contributed by atoms with Crippen LogP contribution in [0.5, 0.6) is 5.75 Å². The lowest BCUT2D eigenvalue weighted by Gasteiger charge is -2.15. The Hall–Kier alpha value is -2.34. The van der Waals surface area contributed by atoms with Crippen molar-refractivity contribution in [3.05, 3.63) is 45.8 Å². The number of aryl methyl sites for hydroxylation is 1. The van der Waals surface area contributed by atoms with Crippen molar-refractivity contribution in [2.45, 2.75) is 46.5 Å². The highest BCUT2D eigenvalue weighted by Gasteiger charge is 2.20. The van der Waals surface area contributed by atoms with E-state index in [0.717, 1.165) is 22.4 Å². The number of carbonyl (C=O) groups is 2. The van der Waals surface area contributed by atoms with Crippen LogP contribution in [0.15, 0.2) is 24.3 Å². The maximum absolute atomic E-state index is 12.3. The number of thiophene rings is 1. The summed E-state index contributed by atoms with van der Waals surface area (Å²) in [5.74, 6) is 0.228. The van der Waals surface area contributed by atoms with Crippen LogP contribution >= 0.6 is 11.3 Å². The van der Waals surface area contributed by atoms with E-state index >= 15 is 0 Å². The first kappa shape index (κ1) is 20.0. The first-order chi connectivity index (χ1) is 12.4. The number of para-hydroxylation sites is 1. The Morgan fingerprint density at radius 2 is 1.96 bits per heavy atom. The van der Waals surface area contributed by atoms with E-state index in [0.29, 0.717) is 28.7 Å². The lowest BCUT2D eigenvalue weighted by atomic mass is 9.98. The van der Waals surface area contributed by atoms with Gasteiger partial charge in [0.1, 0.15) is 10.8 Å². The molecule has 0 aliphatic rings. The van der Waals surface area contributed by atoms with E-state index in [1.807, 2.05) is 38.1 Å². The molecular formula is C20H26N2O3S. The molecule has 2 amide bonds. The van der Waals surface area contributed by atoms with Crippen LogP contribution in [0.2, 0.25) is 0 Å². The molecule has 0 saturated carbocycles. The third-order valence-corrected chi connectivity index (χ3v) is 5.55. The summed E-state index contributed by atoms with van der Waals surface area (Å²) in [6.07, 6.45) is 1.68. The van der Waals surface area contributed by atoms with Crippen molar-refractivity contribution in [1.82, 2.24) is 0 Å². The van der Waals surface area contributed by atoms with E-state index in [1.54, 1.807) is 0 Å². The lowest BCUT2D eigenvalue weighted by molar-refractivity contribution is -0.118. The molecule has 1 unspecified atom stereocenters. The summed E-state index contributed by atoms with van der Waals surface area (Å²) >= 11 is 1.37. The van der Waals surface area contributed by atoms with Crippen molar-refractivity contribution in [2.24, 2.45) is 5.73 Å². The average Bonchev–Trinajstić information content (AvgIpc) is 2.94. The van der Waals surface area contributed by atoms with Crippen LogP contribution in [-0.4, -0.2) is 18.4 Å². The van der Waals surface area contributed by atoms with Crippen LogP contribution in [-0.2, 0) is 11.2 Å². The van der Waals surface area contributed by atoms with E-state index in [1.165, 1.54) is 11.3 Å². The van der Waals surface area contributed by atoms with E-state index in [-0.39, 0.29) is 12.5 Å². The molecule has 5 nitrogen and oxygen atoms in total. The van der Waals surface area contributed by atoms with Gasteiger partial charge in [-0.05, 0) is 42.9 Å². The number of ether oxygens (including phenoxy) is 1. The highest BCUT2D eigenvalue weighted by molar-refractivity contribution is 7.16. The molecule has 2 rings (SSSR count). The minimum Gasteiger partial charge on any atom is -0.483 e. The number of nitrogens with one attached hydrogen (secondary N) is 1. The highest BCUT2D eigenvalue weighted by atomic mass is 32.1. The molecular weight excluding hydrogens is 348 g/mol. The number of anilines is 1. The second-order valence-corrected chi connectivity index (χ2v) is 7.47. The molecule has 0 aliphatic carbocycles. The molecule has 140 valence electrons. The number of hydrogen-bond acceptors (Lipinski definition) is 4. The van der Waals surface area contributed by atoms with E-state index in [4.69, 9.17) is 10.5 Å². The second kappa shape index (κ2) is 8.85. The molecule has 0 fully saturated rings. The van der Waals surface area contributed by atoms with Gasteiger partial charge in [-0.25, -0.2) is 0 Å². The standard InChI is InChI=1S/C20H26N2O3S/c1-5-12(3)15-9-7-8-10-16(15)25-11-17(23)22-20-18(19(21)24)14(6-2)13(4)26-20/h7-10,12H,5-6,11H2,1-4H3,(H2,21,24)(H,22,23). The molecule has 1 atom stereocenters. The Labute approximate surface area is 158 Å². The Morgan fingerprint density at radius 1 is 1.27 bits per heavy atom. The van der Waals surface area contributed by atoms with E-state index in [2.05, 4.69) is 19.2 Å². The van der Waals surface area contributed by atoms with Crippen LogP contribution in [0.25, 0.3) is 0 Å². The van der Waals surface area contributed by atoms with Crippen molar-refractivity contribution in [1.29, 1.82) is 0 Å². The molecule has 1 aromatic carbocycles. The molecule has 2 aromatic rings. The summed E-state index contributed by atoms with van der Waals surface area (Å²) in [5.41, 5.74) is 7.88. The zero-order chi connectivity index (χ0) is 19.3. The van der Waals surface area contributed by atoms with Gasteiger partial charge in [0.15, 0.2) is 6.61 Å². The largest absolute Gasteiger partial charge is 0.483 e. The Morgan fingerprint density at radius 3 is 2.58 bits per heavy atom. The number of amides is 2. The van der Waals surface area contributed by atoms with Crippen LogP contribution in [0.4, 0.5) is 5.00 Å². The average molecular weight is 375 g/mol. The van der Waals surface area contributed by atoms with Crippen LogP contribution < -0.4 is 15.8 Å². The van der Waals surface area contributed by atoms with Gasteiger partial charge in [0.05, 0.1) is 5.56 Å². The highest BCUT2D eigenvalue weighted by Crippen LogP contribution is 2.33. The maximum atomic E-state index is 12.3. The fraction of sp³-hybridized carbons (Fsp3) is 0.400. The number of rotatable bonds is 8. The molecule has 3 N–H and O–H groups in total. The van der Waals surface area contributed by atoms with Crippen molar-refractivity contribution in [2.75, 3.05) is 11.9 Å². The SMILES string of the molecule is CCc1c(C)sc(NC(=O)COc2ccccc2C(C)CC)c1C(N)=O. The number of nitrogens with two attached hydrogens (primary N) is 1. The fourth-order valence-electron chi connectivity index (χ4n) is 2.90. The number of carbonyl (C=O) groups excluding carboxylic acids is 2. The van der Waals surface area contributed by atoms with Gasteiger partial charge in [0.2, 0.25) is 0 Å². The number of primary amides is 1. The normalized spacial score (nSPS) is 11.8. The third kappa shape index (κ3) is 4.43. The number of hydrogen-bond donors (Lipinski definition) is 2. The van der Waals surface area contributed by atoms with Gasteiger partial charge in [-0.1, -0.05) is 39.0 Å². The van der Waals surface area contributed by atoms with E-state index in [9.17, 15) is 9.59 Å². The van der Waals surface area contributed by atoms with Gasteiger partial charge >= 0.3 is 0 Å². The molecule has 0 spiro atoms. The van der Waals surface area contributed by atoms with Crippen LogP contribution in [0.1, 0.15) is 59.5 Å². The Balaban J connectivity index is 2.11. The first-order valence-electron chi connectivity index (χ1n) is 8.82. The van der Waals surface area contributed by atoms with Gasteiger partial charge in [0, 0.05) is 4.88 Å². The minimum absolute atomic E-state index is 0.121. The molecule has 0 saturated heterocycles. The molecule has 0 radical (unpaired) electrons. The topological polar surface area (TPSA) is 81.4 Å². The van der Waals surface area contributed by atoms with Crippen LogP contribution in [0, 0.1) is 6.92 Å². The second-order valence-electron chi connectivity index (χ2n) is 6.24. The van der Waals surface area contributed by atoms with Gasteiger partial charge in [-0.3, -0.25) is 9.59 Å². The summed E-state index contributed by atoms with van der Waals surface area (Å²) in [5, 5.41) is 3.27. The van der Waals surface area contributed by atoms with Crippen molar-refractivity contribution in [3.8, 4) is 5.75 Å². The predicted molar refractivity (Wildman–Crippen MR) is 106 cm³/mol. The minimum atomic E-state index is -0.524. The summed E-state index contributed by atoms with van der Waals surface area (Å²) in [6, 6.07) is 7.74. The van der Waals surface area contributed by atoms with Gasteiger partial charge < -0.3 is 15.8 Å². The molecule has 26 heavy (non-hydrogen) atoms. The molecule has 1 aromatic heterocycles. The monoisotopic (exact) mass is 374 g/mol. The van der Waals surface area contributed by atoms with Crippen molar-refractivity contribution >= 4 is 28.2 Å². The summed E-state index contributed by atoms with van der Waals surface area (Å²) in [4.78, 5) is 25.1. The van der Waals surface area contributed by atoms with E-state index < -0.39 is 5.91 Å². The van der Waals surface area contributed by atoms with Gasteiger partial charge in [0.25, 0.3) is 11.8 Å². The summed E-state index contributed by atoms with van der Waals surface area (Å²) in [6.45, 7) is 8.00. The number of benzene rings is 1. The maximum Gasteiger partial charge on any atom is 0.262 e. The lowest BCUT2D eigenvalue weighted by Crippen LogP contribution is -2.22. The van der Waals surface area contributed by atoms with Gasteiger partial charge in [-0.15, -0.1) is 11.3 Å². The van der Waals surface area contributed by atoms with Crippen molar-refractivity contribution in [3.63, 3.8) is 0 Å². The third-order valence-electron chi connectivity index (χ3n) is 4.48. The smallest absolute Gasteiger partial charge is 0.262 e. The first-order valence-corrected chi connectivity index (χ1v) is 9.64. The Bertz CT molecular complexity index is 798. The quantitative estimate of drug-likeness (QED) is 0.725.